The zero-order chi connectivity index (χ0) is 17.1. The fourth-order valence-electron chi connectivity index (χ4n) is 2.17. The Hall–Kier alpha value is -1.76. The Bertz CT molecular complexity index is 864. The van der Waals surface area contributed by atoms with Crippen LogP contribution >= 0.6 is 34.7 Å². The van der Waals surface area contributed by atoms with Crippen molar-refractivity contribution in [1.29, 1.82) is 0 Å². The lowest BCUT2D eigenvalue weighted by Crippen LogP contribution is -2.24. The summed E-state index contributed by atoms with van der Waals surface area (Å²) in [6.07, 6.45) is 0.710. The van der Waals surface area contributed by atoms with Crippen LogP contribution < -0.4 is 11.1 Å². The highest BCUT2D eigenvalue weighted by atomic mass is 35.5. The van der Waals surface area contributed by atoms with Crippen LogP contribution in [0.3, 0.4) is 0 Å². The number of thiazole rings is 1. The van der Waals surface area contributed by atoms with Gasteiger partial charge in [0.25, 0.3) is 0 Å². The number of amides is 1. The van der Waals surface area contributed by atoms with Crippen molar-refractivity contribution >= 4 is 62.2 Å². The number of carbonyl (C=O) groups excluding carboxylic acids is 1. The van der Waals surface area contributed by atoms with Gasteiger partial charge in [0.05, 0.1) is 15.5 Å². The molecule has 2 aromatic carbocycles. The predicted octanol–water partition coefficient (Wildman–Crippen LogP) is 5.04. The molecule has 3 aromatic rings. The minimum Gasteiger partial charge on any atom is -0.399 e. The molecule has 0 aliphatic carbocycles. The second kappa shape index (κ2) is 7.42. The highest BCUT2D eigenvalue weighted by Gasteiger charge is 2.20. The Morgan fingerprint density at radius 2 is 2.08 bits per heavy atom. The van der Waals surface area contributed by atoms with Crippen LogP contribution in [0.1, 0.15) is 13.3 Å². The van der Waals surface area contributed by atoms with E-state index in [-0.39, 0.29) is 11.2 Å². The fraction of sp³-hybridized carbons (Fsp3) is 0.176. The van der Waals surface area contributed by atoms with Crippen molar-refractivity contribution in [3.05, 3.63) is 47.5 Å². The van der Waals surface area contributed by atoms with Crippen molar-refractivity contribution in [2.75, 3.05) is 11.1 Å². The van der Waals surface area contributed by atoms with Gasteiger partial charge in [0, 0.05) is 16.4 Å². The van der Waals surface area contributed by atoms with Gasteiger partial charge in [-0.1, -0.05) is 30.3 Å². The Kier molecular flexibility index (Phi) is 5.28. The number of anilines is 2. The highest BCUT2D eigenvalue weighted by molar-refractivity contribution is 8.02. The zero-order valence-electron chi connectivity index (χ0n) is 13.0. The van der Waals surface area contributed by atoms with E-state index in [2.05, 4.69) is 10.3 Å². The Morgan fingerprint density at radius 1 is 1.33 bits per heavy atom. The summed E-state index contributed by atoms with van der Waals surface area (Å²) < 4.78 is 1.90. The van der Waals surface area contributed by atoms with Gasteiger partial charge in [0.15, 0.2) is 4.34 Å². The number of rotatable bonds is 5. The van der Waals surface area contributed by atoms with Crippen LogP contribution in [0.5, 0.6) is 0 Å². The Balaban J connectivity index is 1.72. The van der Waals surface area contributed by atoms with E-state index in [9.17, 15) is 4.79 Å². The zero-order valence-corrected chi connectivity index (χ0v) is 15.3. The van der Waals surface area contributed by atoms with Gasteiger partial charge in [0.2, 0.25) is 5.91 Å². The molecule has 1 aromatic heterocycles. The van der Waals surface area contributed by atoms with Crippen LogP contribution in [-0.2, 0) is 4.79 Å². The maximum Gasteiger partial charge on any atom is 0.237 e. The molecule has 3 N–H and O–H groups in total. The standard InChI is InChI=1S/C17H16ClN3OS2/c1-2-14(16(22)20-12-6-3-10(18)4-7-12)23-17-21-13-8-5-11(19)9-15(13)24-17/h3-9,14H,2,19H2,1H3,(H,20,22). The first kappa shape index (κ1) is 17.1. The summed E-state index contributed by atoms with van der Waals surface area (Å²) in [6.45, 7) is 1.99. The largest absolute Gasteiger partial charge is 0.399 e. The average molecular weight is 378 g/mol. The number of hydrogen-bond acceptors (Lipinski definition) is 5. The average Bonchev–Trinajstić information content (AvgIpc) is 2.96. The van der Waals surface area contributed by atoms with Gasteiger partial charge in [-0.2, -0.15) is 0 Å². The Morgan fingerprint density at radius 3 is 2.79 bits per heavy atom. The van der Waals surface area contributed by atoms with Crippen molar-refractivity contribution in [2.45, 2.75) is 22.9 Å². The summed E-state index contributed by atoms with van der Waals surface area (Å²) in [5, 5.41) is 3.35. The first-order valence-electron chi connectivity index (χ1n) is 7.44. The molecular weight excluding hydrogens is 362 g/mol. The number of halogens is 1. The fourth-order valence-corrected chi connectivity index (χ4v) is 4.58. The molecule has 1 unspecified atom stereocenters. The third kappa shape index (κ3) is 4.01. The van der Waals surface area contributed by atoms with Crippen LogP contribution in [0.4, 0.5) is 11.4 Å². The number of carbonyl (C=O) groups is 1. The van der Waals surface area contributed by atoms with E-state index in [0.29, 0.717) is 11.4 Å². The minimum absolute atomic E-state index is 0.0383. The van der Waals surface area contributed by atoms with Gasteiger partial charge in [-0.25, -0.2) is 4.98 Å². The van der Waals surface area contributed by atoms with Gasteiger partial charge >= 0.3 is 0 Å². The summed E-state index contributed by atoms with van der Waals surface area (Å²) >= 11 is 8.90. The number of nitrogens with zero attached hydrogens (tertiary/aromatic N) is 1. The molecule has 4 nitrogen and oxygen atoms in total. The number of nitrogen functional groups attached to an aromatic ring is 1. The molecule has 3 rings (SSSR count). The van der Waals surface area contributed by atoms with Crippen LogP contribution in [-0.4, -0.2) is 16.1 Å². The van der Waals surface area contributed by atoms with Gasteiger partial charge in [-0.3, -0.25) is 4.79 Å². The molecule has 0 radical (unpaired) electrons. The Labute approximate surface area is 153 Å². The van der Waals surface area contributed by atoms with Crippen LogP contribution in [0.2, 0.25) is 5.02 Å². The molecule has 0 saturated heterocycles. The number of nitrogens with one attached hydrogen (secondary N) is 1. The number of thioether (sulfide) groups is 1. The van der Waals surface area contributed by atoms with Gasteiger partial charge in [-0.05, 0) is 48.9 Å². The molecule has 124 valence electrons. The number of fused-ring (bicyclic) bond motifs is 1. The second-order valence-electron chi connectivity index (χ2n) is 5.22. The van der Waals surface area contributed by atoms with Gasteiger partial charge in [0.1, 0.15) is 0 Å². The van der Waals surface area contributed by atoms with Crippen LogP contribution in [0.25, 0.3) is 10.2 Å². The van der Waals surface area contributed by atoms with Crippen molar-refractivity contribution in [1.82, 2.24) is 4.98 Å². The number of benzene rings is 2. The first-order valence-corrected chi connectivity index (χ1v) is 9.51. The van der Waals surface area contributed by atoms with E-state index >= 15 is 0 Å². The van der Waals surface area contributed by atoms with Crippen molar-refractivity contribution in [2.24, 2.45) is 0 Å². The van der Waals surface area contributed by atoms with Crippen LogP contribution in [0.15, 0.2) is 46.8 Å². The molecular formula is C17H16ClN3OS2. The summed E-state index contributed by atoms with van der Waals surface area (Å²) in [6, 6.07) is 12.7. The number of nitrogens with two attached hydrogens (primary N) is 1. The third-order valence-electron chi connectivity index (χ3n) is 3.41. The molecule has 0 spiro atoms. The monoisotopic (exact) mass is 377 g/mol. The molecule has 24 heavy (non-hydrogen) atoms. The highest BCUT2D eigenvalue weighted by Crippen LogP contribution is 2.34. The van der Waals surface area contributed by atoms with E-state index in [4.69, 9.17) is 17.3 Å². The normalized spacial score (nSPS) is 12.2. The molecule has 0 bridgehead atoms. The van der Waals surface area contributed by atoms with Gasteiger partial charge < -0.3 is 11.1 Å². The molecule has 0 aliphatic rings. The summed E-state index contributed by atoms with van der Waals surface area (Å²) in [4.78, 5) is 17.1. The van der Waals surface area contributed by atoms with E-state index in [1.165, 1.54) is 11.8 Å². The summed E-state index contributed by atoms with van der Waals surface area (Å²) in [5.41, 5.74) is 8.17. The molecule has 0 saturated carbocycles. The topological polar surface area (TPSA) is 68.0 Å². The molecule has 1 heterocycles. The minimum atomic E-state index is -0.210. The molecule has 0 aliphatic heterocycles. The molecule has 0 fully saturated rings. The molecule has 7 heteroatoms. The van der Waals surface area contributed by atoms with Crippen molar-refractivity contribution in [3.63, 3.8) is 0 Å². The SMILES string of the molecule is CCC(Sc1nc2ccc(N)cc2s1)C(=O)Nc1ccc(Cl)cc1. The maximum atomic E-state index is 12.5. The van der Waals surface area contributed by atoms with Crippen molar-refractivity contribution < 1.29 is 4.79 Å². The van der Waals surface area contributed by atoms with E-state index < -0.39 is 0 Å². The smallest absolute Gasteiger partial charge is 0.237 e. The van der Waals surface area contributed by atoms with Crippen LogP contribution in [0, 0.1) is 0 Å². The molecule has 1 amide bonds. The predicted molar refractivity (Wildman–Crippen MR) is 104 cm³/mol. The lowest BCUT2D eigenvalue weighted by atomic mass is 10.3. The maximum absolute atomic E-state index is 12.5. The third-order valence-corrected chi connectivity index (χ3v) is 6.14. The second-order valence-corrected chi connectivity index (χ2v) is 8.13. The first-order chi connectivity index (χ1) is 11.5. The lowest BCUT2D eigenvalue weighted by molar-refractivity contribution is -0.115. The summed E-state index contributed by atoms with van der Waals surface area (Å²) in [7, 11) is 0. The quantitative estimate of drug-likeness (QED) is 0.482. The number of aromatic nitrogens is 1. The van der Waals surface area contributed by atoms with Gasteiger partial charge in [-0.15, -0.1) is 11.3 Å². The lowest BCUT2D eigenvalue weighted by Gasteiger charge is -2.13. The van der Waals surface area contributed by atoms with Crippen molar-refractivity contribution in [3.8, 4) is 0 Å². The summed E-state index contributed by atoms with van der Waals surface area (Å²) in [5.74, 6) is -0.0383. The number of hydrogen-bond donors (Lipinski definition) is 2. The van der Waals surface area contributed by atoms with E-state index in [1.54, 1.807) is 35.6 Å². The van der Waals surface area contributed by atoms with E-state index in [1.807, 2.05) is 25.1 Å². The molecule has 1 atom stereocenters. The van der Waals surface area contributed by atoms with E-state index in [0.717, 1.165) is 25.9 Å².